The van der Waals surface area contributed by atoms with Gasteiger partial charge in [0.2, 0.25) is 0 Å². The average Bonchev–Trinajstić information content (AvgIpc) is 2.91. The lowest BCUT2D eigenvalue weighted by atomic mass is 10.2. The van der Waals surface area contributed by atoms with Crippen molar-refractivity contribution in [1.29, 1.82) is 0 Å². The summed E-state index contributed by atoms with van der Waals surface area (Å²) in [7, 11) is 1.75. The van der Waals surface area contributed by atoms with Gasteiger partial charge in [-0.15, -0.1) is 11.3 Å². The molecule has 6 heteroatoms. The van der Waals surface area contributed by atoms with Crippen LogP contribution >= 0.6 is 22.9 Å². The number of likely N-dealkylation sites (N-methyl/N-ethyl adjacent to an activating group) is 1. The number of hydrogen-bond acceptors (Lipinski definition) is 4. The monoisotopic (exact) mass is 295 g/mol. The van der Waals surface area contributed by atoms with E-state index in [-0.39, 0.29) is 11.1 Å². The molecule has 0 aliphatic heterocycles. The zero-order chi connectivity index (χ0) is 13.8. The molecular formula is C13H14ClN3OS. The summed E-state index contributed by atoms with van der Waals surface area (Å²) in [5, 5.41) is 2.29. The Morgan fingerprint density at radius 1 is 1.58 bits per heavy atom. The maximum atomic E-state index is 12.2. The van der Waals surface area contributed by atoms with Gasteiger partial charge < -0.3 is 10.6 Å². The van der Waals surface area contributed by atoms with Crippen LogP contribution in [0.25, 0.3) is 0 Å². The number of hydrogen-bond donors (Lipinski definition) is 1. The second-order valence-electron chi connectivity index (χ2n) is 4.15. The maximum absolute atomic E-state index is 12.2. The molecular weight excluding hydrogens is 282 g/mol. The van der Waals surface area contributed by atoms with Crippen molar-refractivity contribution in [2.24, 2.45) is 0 Å². The van der Waals surface area contributed by atoms with Crippen LogP contribution in [-0.4, -0.2) is 29.4 Å². The second kappa shape index (κ2) is 6.04. The number of nitrogens with zero attached hydrogens (tertiary/aromatic N) is 2. The predicted octanol–water partition coefficient (Wildman–Crippen LogP) is 2.69. The van der Waals surface area contributed by atoms with Gasteiger partial charge in [-0.3, -0.25) is 4.79 Å². The number of nitrogens with two attached hydrogens (primary N) is 1. The molecule has 0 saturated carbocycles. The van der Waals surface area contributed by atoms with E-state index in [1.54, 1.807) is 23.3 Å². The lowest BCUT2D eigenvalue weighted by Crippen LogP contribution is -2.29. The summed E-state index contributed by atoms with van der Waals surface area (Å²) < 4.78 is 0. The first kappa shape index (κ1) is 13.8. The minimum atomic E-state index is -0.140. The van der Waals surface area contributed by atoms with Gasteiger partial charge in [0.1, 0.15) is 5.15 Å². The van der Waals surface area contributed by atoms with Gasteiger partial charge in [0, 0.05) is 18.5 Å². The number of pyridine rings is 1. The first-order valence-corrected chi connectivity index (χ1v) is 7.02. The van der Waals surface area contributed by atoms with Crippen molar-refractivity contribution in [2.75, 3.05) is 19.3 Å². The van der Waals surface area contributed by atoms with Crippen LogP contribution in [0.3, 0.4) is 0 Å². The van der Waals surface area contributed by atoms with E-state index in [1.165, 1.54) is 17.1 Å². The van der Waals surface area contributed by atoms with Crippen molar-refractivity contribution >= 4 is 34.5 Å². The molecule has 2 heterocycles. The van der Waals surface area contributed by atoms with Crippen molar-refractivity contribution < 1.29 is 4.79 Å². The summed E-state index contributed by atoms with van der Waals surface area (Å²) in [6.07, 6.45) is 2.24. The van der Waals surface area contributed by atoms with Crippen molar-refractivity contribution in [3.05, 3.63) is 45.4 Å². The van der Waals surface area contributed by atoms with Crippen LogP contribution in [0.4, 0.5) is 5.69 Å². The fourth-order valence-corrected chi connectivity index (χ4v) is 2.52. The van der Waals surface area contributed by atoms with Crippen LogP contribution in [0.5, 0.6) is 0 Å². The zero-order valence-corrected chi connectivity index (χ0v) is 12.0. The van der Waals surface area contributed by atoms with Gasteiger partial charge in [-0.1, -0.05) is 17.7 Å². The van der Waals surface area contributed by atoms with Crippen molar-refractivity contribution in [3.8, 4) is 0 Å². The molecule has 0 atom stereocenters. The minimum absolute atomic E-state index is 0.140. The standard InChI is InChI=1S/C13H14ClN3OS/c1-17(5-4-9-3-2-6-19-9)13(18)10-7-12(14)16-8-11(10)15/h2-3,6-8H,4-5,15H2,1H3. The van der Waals surface area contributed by atoms with E-state index < -0.39 is 0 Å². The van der Waals surface area contributed by atoms with Gasteiger partial charge in [-0.25, -0.2) is 4.98 Å². The van der Waals surface area contributed by atoms with E-state index in [0.29, 0.717) is 17.8 Å². The number of halogens is 1. The number of nitrogen functional groups attached to an aromatic ring is 1. The van der Waals surface area contributed by atoms with Crippen molar-refractivity contribution in [3.63, 3.8) is 0 Å². The van der Waals surface area contributed by atoms with E-state index in [2.05, 4.69) is 11.1 Å². The molecule has 19 heavy (non-hydrogen) atoms. The first-order valence-electron chi connectivity index (χ1n) is 5.77. The summed E-state index contributed by atoms with van der Waals surface area (Å²) in [5.74, 6) is -0.140. The maximum Gasteiger partial charge on any atom is 0.255 e. The Morgan fingerprint density at radius 2 is 2.37 bits per heavy atom. The summed E-state index contributed by atoms with van der Waals surface area (Å²) >= 11 is 7.47. The molecule has 2 N–H and O–H groups in total. The van der Waals surface area contributed by atoms with Crippen molar-refractivity contribution in [1.82, 2.24) is 9.88 Å². The molecule has 0 aliphatic rings. The van der Waals surface area contributed by atoms with Gasteiger partial charge >= 0.3 is 0 Å². The number of carbonyl (C=O) groups is 1. The van der Waals surface area contributed by atoms with Gasteiger partial charge in [0.05, 0.1) is 17.4 Å². The Labute approximate surface area is 120 Å². The lowest BCUT2D eigenvalue weighted by Gasteiger charge is -2.17. The highest BCUT2D eigenvalue weighted by Gasteiger charge is 2.15. The number of carbonyl (C=O) groups excluding carboxylic acids is 1. The van der Waals surface area contributed by atoms with E-state index >= 15 is 0 Å². The fraction of sp³-hybridized carbons (Fsp3) is 0.231. The summed E-state index contributed by atoms with van der Waals surface area (Å²) in [6.45, 7) is 0.638. The molecule has 0 bridgehead atoms. The molecule has 2 rings (SSSR count). The molecule has 0 radical (unpaired) electrons. The molecule has 0 aromatic carbocycles. The smallest absolute Gasteiger partial charge is 0.255 e. The van der Waals surface area contributed by atoms with Gasteiger partial charge in [-0.05, 0) is 23.9 Å². The number of thiophene rings is 1. The number of amides is 1. The summed E-state index contributed by atoms with van der Waals surface area (Å²) in [4.78, 5) is 19.0. The lowest BCUT2D eigenvalue weighted by molar-refractivity contribution is 0.0798. The van der Waals surface area contributed by atoms with Crippen LogP contribution in [0.2, 0.25) is 5.15 Å². The topological polar surface area (TPSA) is 59.2 Å². The van der Waals surface area contributed by atoms with E-state index in [0.717, 1.165) is 6.42 Å². The second-order valence-corrected chi connectivity index (χ2v) is 5.57. The molecule has 2 aromatic heterocycles. The molecule has 2 aromatic rings. The van der Waals surface area contributed by atoms with E-state index in [4.69, 9.17) is 17.3 Å². The average molecular weight is 296 g/mol. The Balaban J connectivity index is 2.04. The highest BCUT2D eigenvalue weighted by atomic mass is 35.5. The molecule has 0 spiro atoms. The Bertz CT molecular complexity index is 571. The van der Waals surface area contributed by atoms with Crippen LogP contribution in [-0.2, 0) is 6.42 Å². The highest BCUT2D eigenvalue weighted by Crippen LogP contribution is 2.17. The highest BCUT2D eigenvalue weighted by molar-refractivity contribution is 7.09. The van der Waals surface area contributed by atoms with Crippen LogP contribution < -0.4 is 5.73 Å². The largest absolute Gasteiger partial charge is 0.397 e. The third-order valence-electron chi connectivity index (χ3n) is 2.75. The zero-order valence-electron chi connectivity index (χ0n) is 10.5. The number of anilines is 1. The van der Waals surface area contributed by atoms with Gasteiger partial charge in [0.15, 0.2) is 0 Å². The van der Waals surface area contributed by atoms with Crippen LogP contribution in [0.1, 0.15) is 15.2 Å². The first-order chi connectivity index (χ1) is 9.08. The predicted molar refractivity (Wildman–Crippen MR) is 78.6 cm³/mol. The molecule has 4 nitrogen and oxygen atoms in total. The fourth-order valence-electron chi connectivity index (χ4n) is 1.67. The number of aromatic nitrogens is 1. The van der Waals surface area contributed by atoms with E-state index in [9.17, 15) is 4.79 Å². The summed E-state index contributed by atoms with van der Waals surface area (Å²) in [5.41, 5.74) is 6.49. The Kier molecular flexibility index (Phi) is 4.39. The minimum Gasteiger partial charge on any atom is -0.397 e. The molecule has 0 fully saturated rings. The third-order valence-corrected chi connectivity index (χ3v) is 3.90. The third kappa shape index (κ3) is 3.45. The molecule has 0 aliphatic carbocycles. The molecule has 100 valence electrons. The molecule has 1 amide bonds. The van der Waals surface area contributed by atoms with Crippen molar-refractivity contribution in [2.45, 2.75) is 6.42 Å². The SMILES string of the molecule is CN(CCc1cccs1)C(=O)c1cc(Cl)ncc1N. The Hall–Kier alpha value is -1.59. The van der Waals surface area contributed by atoms with Gasteiger partial charge in [-0.2, -0.15) is 0 Å². The number of rotatable bonds is 4. The van der Waals surface area contributed by atoms with Gasteiger partial charge in [0.25, 0.3) is 5.91 Å². The molecule has 0 unspecified atom stereocenters. The van der Waals surface area contributed by atoms with Crippen LogP contribution in [0, 0.1) is 0 Å². The quantitative estimate of drug-likeness (QED) is 0.882. The normalized spacial score (nSPS) is 10.4. The summed E-state index contributed by atoms with van der Waals surface area (Å²) in [6, 6.07) is 5.56. The van der Waals surface area contributed by atoms with Crippen LogP contribution in [0.15, 0.2) is 29.8 Å². The van der Waals surface area contributed by atoms with E-state index in [1.807, 2.05) is 11.4 Å². The molecule has 0 saturated heterocycles. The Morgan fingerprint density at radius 3 is 3.05 bits per heavy atom.